The monoisotopic (exact) mass is 305 g/mol. The standard InChI is InChI=1S/C9H12IN3O/c1-6(3-11)5-13-7(2)12-4-8(10)9(13)14/h4H,1,3,5,11H2,2H3. The lowest BCUT2D eigenvalue weighted by molar-refractivity contribution is 0.679. The molecule has 0 fully saturated rings. The van der Waals surface area contributed by atoms with Gasteiger partial charge in [0.1, 0.15) is 5.82 Å². The molecule has 0 atom stereocenters. The molecule has 1 heterocycles. The highest BCUT2D eigenvalue weighted by Gasteiger charge is 2.05. The lowest BCUT2D eigenvalue weighted by Crippen LogP contribution is -2.27. The molecule has 0 bridgehead atoms. The summed E-state index contributed by atoms with van der Waals surface area (Å²) in [6.45, 7) is 6.39. The molecular weight excluding hydrogens is 293 g/mol. The molecule has 1 aromatic rings. The van der Waals surface area contributed by atoms with E-state index in [9.17, 15) is 4.79 Å². The first-order valence-electron chi connectivity index (χ1n) is 4.15. The van der Waals surface area contributed by atoms with E-state index < -0.39 is 0 Å². The lowest BCUT2D eigenvalue weighted by Gasteiger charge is -2.09. The molecule has 0 aliphatic carbocycles. The maximum atomic E-state index is 11.7. The molecule has 0 spiro atoms. The van der Waals surface area contributed by atoms with E-state index in [2.05, 4.69) is 11.6 Å². The van der Waals surface area contributed by atoms with Gasteiger partial charge in [-0.1, -0.05) is 6.58 Å². The topological polar surface area (TPSA) is 60.9 Å². The number of hydrogen-bond donors (Lipinski definition) is 1. The summed E-state index contributed by atoms with van der Waals surface area (Å²) in [4.78, 5) is 15.8. The molecule has 0 aliphatic heterocycles. The van der Waals surface area contributed by atoms with Gasteiger partial charge < -0.3 is 5.73 Å². The van der Waals surface area contributed by atoms with Gasteiger partial charge >= 0.3 is 0 Å². The zero-order valence-corrected chi connectivity index (χ0v) is 10.1. The molecule has 4 nitrogen and oxygen atoms in total. The minimum Gasteiger partial charge on any atom is -0.327 e. The highest BCUT2D eigenvalue weighted by atomic mass is 127. The van der Waals surface area contributed by atoms with Crippen LogP contribution in [0.2, 0.25) is 0 Å². The first-order chi connectivity index (χ1) is 6.56. The van der Waals surface area contributed by atoms with Crippen LogP contribution in [0.4, 0.5) is 0 Å². The fourth-order valence-electron chi connectivity index (χ4n) is 1.03. The van der Waals surface area contributed by atoms with Gasteiger partial charge in [0.2, 0.25) is 0 Å². The van der Waals surface area contributed by atoms with Gasteiger partial charge in [0.25, 0.3) is 5.56 Å². The van der Waals surface area contributed by atoms with Crippen LogP contribution in [-0.4, -0.2) is 16.1 Å². The zero-order valence-electron chi connectivity index (χ0n) is 7.96. The summed E-state index contributed by atoms with van der Waals surface area (Å²) >= 11 is 1.97. The van der Waals surface area contributed by atoms with E-state index in [-0.39, 0.29) is 5.56 Å². The van der Waals surface area contributed by atoms with Crippen LogP contribution >= 0.6 is 22.6 Å². The van der Waals surface area contributed by atoms with Crippen molar-refractivity contribution >= 4 is 22.6 Å². The van der Waals surface area contributed by atoms with Gasteiger partial charge in [-0.15, -0.1) is 0 Å². The smallest absolute Gasteiger partial charge is 0.267 e. The summed E-state index contributed by atoms with van der Waals surface area (Å²) in [6, 6.07) is 0. The number of aromatic nitrogens is 2. The number of halogens is 1. The lowest BCUT2D eigenvalue weighted by atomic mass is 10.3. The van der Waals surface area contributed by atoms with Crippen molar-refractivity contribution in [1.29, 1.82) is 0 Å². The van der Waals surface area contributed by atoms with Crippen molar-refractivity contribution in [2.24, 2.45) is 5.73 Å². The van der Waals surface area contributed by atoms with E-state index in [0.717, 1.165) is 5.57 Å². The van der Waals surface area contributed by atoms with E-state index in [1.165, 1.54) is 0 Å². The second-order valence-electron chi connectivity index (χ2n) is 3.00. The maximum absolute atomic E-state index is 11.7. The molecule has 0 radical (unpaired) electrons. The first kappa shape index (κ1) is 11.4. The van der Waals surface area contributed by atoms with Crippen molar-refractivity contribution in [3.05, 3.63) is 38.1 Å². The number of nitrogens with zero attached hydrogens (tertiary/aromatic N) is 2. The van der Waals surface area contributed by atoms with E-state index in [4.69, 9.17) is 5.73 Å². The second kappa shape index (κ2) is 4.70. The third kappa shape index (κ3) is 2.42. The Kier molecular flexibility index (Phi) is 3.82. The number of aryl methyl sites for hydroxylation is 1. The van der Waals surface area contributed by atoms with E-state index in [1.807, 2.05) is 22.6 Å². The van der Waals surface area contributed by atoms with E-state index in [1.54, 1.807) is 17.7 Å². The minimum atomic E-state index is -0.0345. The molecule has 1 rings (SSSR count). The normalized spacial score (nSPS) is 10.2. The third-order valence-corrected chi connectivity index (χ3v) is 2.62. The average Bonchev–Trinajstić information content (AvgIpc) is 2.18. The molecule has 1 aromatic heterocycles. The summed E-state index contributed by atoms with van der Waals surface area (Å²) in [6.07, 6.45) is 1.57. The SMILES string of the molecule is C=C(CN)Cn1c(C)ncc(I)c1=O. The predicted octanol–water partition coefficient (Wildman–Crippen LogP) is 0.671. The largest absolute Gasteiger partial charge is 0.327 e. The Morgan fingerprint density at radius 1 is 1.79 bits per heavy atom. The Morgan fingerprint density at radius 3 is 3.00 bits per heavy atom. The van der Waals surface area contributed by atoms with Crippen LogP contribution < -0.4 is 11.3 Å². The summed E-state index contributed by atoms with van der Waals surface area (Å²) < 4.78 is 2.19. The van der Waals surface area contributed by atoms with Crippen LogP contribution in [0, 0.1) is 10.5 Å². The highest BCUT2D eigenvalue weighted by Crippen LogP contribution is 2.00. The fraction of sp³-hybridized carbons (Fsp3) is 0.333. The summed E-state index contributed by atoms with van der Waals surface area (Å²) in [5, 5.41) is 0. The van der Waals surface area contributed by atoms with Crippen molar-refractivity contribution in [1.82, 2.24) is 9.55 Å². The molecule has 0 aromatic carbocycles. The van der Waals surface area contributed by atoms with Gasteiger partial charge in [-0.05, 0) is 35.1 Å². The van der Waals surface area contributed by atoms with Crippen molar-refractivity contribution in [2.45, 2.75) is 13.5 Å². The Morgan fingerprint density at radius 2 is 2.43 bits per heavy atom. The van der Waals surface area contributed by atoms with Gasteiger partial charge in [-0.2, -0.15) is 0 Å². The molecule has 2 N–H and O–H groups in total. The Labute approximate surface area is 96.0 Å². The van der Waals surface area contributed by atoms with Crippen molar-refractivity contribution < 1.29 is 0 Å². The molecule has 5 heteroatoms. The van der Waals surface area contributed by atoms with Crippen LogP contribution in [-0.2, 0) is 6.54 Å². The molecule has 14 heavy (non-hydrogen) atoms. The van der Waals surface area contributed by atoms with Gasteiger partial charge in [-0.3, -0.25) is 9.36 Å². The zero-order chi connectivity index (χ0) is 10.7. The van der Waals surface area contributed by atoms with Gasteiger partial charge in [0.05, 0.1) is 3.57 Å². The summed E-state index contributed by atoms with van der Waals surface area (Å²) in [7, 11) is 0. The first-order valence-corrected chi connectivity index (χ1v) is 5.22. The van der Waals surface area contributed by atoms with Crippen LogP contribution in [0.1, 0.15) is 5.82 Å². The number of rotatable bonds is 3. The Balaban J connectivity index is 3.13. The summed E-state index contributed by atoms with van der Waals surface area (Å²) in [5.74, 6) is 0.685. The Bertz CT molecular complexity index is 411. The van der Waals surface area contributed by atoms with Crippen LogP contribution in [0.15, 0.2) is 23.1 Å². The number of nitrogens with two attached hydrogens (primary N) is 1. The highest BCUT2D eigenvalue weighted by molar-refractivity contribution is 14.1. The average molecular weight is 305 g/mol. The molecule has 0 amide bonds. The van der Waals surface area contributed by atoms with E-state index >= 15 is 0 Å². The summed E-state index contributed by atoms with van der Waals surface area (Å²) in [5.41, 5.74) is 6.20. The molecule has 0 aliphatic rings. The van der Waals surface area contributed by atoms with Crippen molar-refractivity contribution in [3.8, 4) is 0 Å². The molecule has 76 valence electrons. The predicted molar refractivity (Wildman–Crippen MR) is 64.1 cm³/mol. The fourth-order valence-corrected chi connectivity index (χ4v) is 1.46. The Hall–Kier alpha value is -0.690. The van der Waals surface area contributed by atoms with Crippen LogP contribution in [0.3, 0.4) is 0 Å². The number of hydrogen-bond acceptors (Lipinski definition) is 3. The van der Waals surface area contributed by atoms with E-state index in [0.29, 0.717) is 22.5 Å². The molecular formula is C9H12IN3O. The molecule has 0 unspecified atom stereocenters. The molecule has 0 saturated carbocycles. The molecule has 0 saturated heterocycles. The maximum Gasteiger partial charge on any atom is 0.267 e. The quantitative estimate of drug-likeness (QED) is 0.659. The second-order valence-corrected chi connectivity index (χ2v) is 4.16. The minimum absolute atomic E-state index is 0.0345. The van der Waals surface area contributed by atoms with Crippen molar-refractivity contribution in [2.75, 3.05) is 6.54 Å². The van der Waals surface area contributed by atoms with Crippen LogP contribution in [0.5, 0.6) is 0 Å². The van der Waals surface area contributed by atoms with Crippen LogP contribution in [0.25, 0.3) is 0 Å². The van der Waals surface area contributed by atoms with Gasteiger partial charge in [-0.25, -0.2) is 4.98 Å². The van der Waals surface area contributed by atoms with Gasteiger partial charge in [0.15, 0.2) is 0 Å². The third-order valence-electron chi connectivity index (χ3n) is 1.88. The van der Waals surface area contributed by atoms with Crippen molar-refractivity contribution in [3.63, 3.8) is 0 Å². The van der Waals surface area contributed by atoms with Gasteiger partial charge in [0, 0.05) is 19.3 Å².